The molecule has 23 heavy (non-hydrogen) atoms. The van der Waals surface area contributed by atoms with Gasteiger partial charge in [-0.15, -0.1) is 13.2 Å². The number of piperidine rings is 1. The van der Waals surface area contributed by atoms with Crippen molar-refractivity contribution in [3.05, 3.63) is 22.7 Å². The van der Waals surface area contributed by atoms with Crippen LogP contribution in [0.15, 0.2) is 22.7 Å². The van der Waals surface area contributed by atoms with Gasteiger partial charge in [0.05, 0.1) is 11.1 Å². The summed E-state index contributed by atoms with van der Waals surface area (Å²) in [6.07, 6.45) is -0.0114. The van der Waals surface area contributed by atoms with Gasteiger partial charge in [-0.25, -0.2) is 0 Å². The third-order valence-corrected chi connectivity index (χ3v) is 4.54. The molecule has 0 spiro atoms. The van der Waals surface area contributed by atoms with Gasteiger partial charge in [0.15, 0.2) is 0 Å². The molecule has 1 aliphatic heterocycles. The van der Waals surface area contributed by atoms with Gasteiger partial charge in [-0.2, -0.15) is 0 Å². The third-order valence-electron chi connectivity index (χ3n) is 3.92. The van der Waals surface area contributed by atoms with Crippen LogP contribution in [0.4, 0.5) is 13.2 Å². The normalized spacial score (nSPS) is 19.6. The van der Waals surface area contributed by atoms with Crippen molar-refractivity contribution in [2.45, 2.75) is 45.0 Å². The minimum absolute atomic E-state index is 0.265. The summed E-state index contributed by atoms with van der Waals surface area (Å²) in [5.74, 6) is 0.255. The molecular weight excluding hydrogens is 375 g/mol. The fourth-order valence-corrected chi connectivity index (χ4v) is 3.21. The molecule has 1 aromatic carbocycles. The molecule has 7 heteroatoms. The summed E-state index contributed by atoms with van der Waals surface area (Å²) in [6.45, 7) is 4.89. The van der Waals surface area contributed by atoms with E-state index in [2.05, 4.69) is 32.5 Å². The van der Waals surface area contributed by atoms with Crippen molar-refractivity contribution in [1.29, 1.82) is 0 Å². The number of benzene rings is 1. The number of ether oxygens (including phenoxy) is 2. The molecule has 3 nitrogen and oxygen atoms in total. The number of halogens is 4. The molecule has 2 rings (SSSR count). The SMILES string of the molecule is CC1CCCCN1CCCOc1ccc(OC(F)(F)F)cc1Br. The molecule has 1 aromatic rings. The number of rotatable bonds is 6. The van der Waals surface area contributed by atoms with Crippen LogP contribution < -0.4 is 9.47 Å². The predicted molar refractivity (Wildman–Crippen MR) is 85.8 cm³/mol. The fraction of sp³-hybridized carbons (Fsp3) is 0.625. The summed E-state index contributed by atoms with van der Waals surface area (Å²) in [6, 6.07) is 4.61. The van der Waals surface area contributed by atoms with Gasteiger partial charge in [-0.05, 0) is 66.9 Å². The van der Waals surface area contributed by atoms with Gasteiger partial charge in [0, 0.05) is 12.6 Å². The molecule has 0 aliphatic carbocycles. The zero-order valence-electron chi connectivity index (χ0n) is 13.0. The Morgan fingerprint density at radius 2 is 2.09 bits per heavy atom. The van der Waals surface area contributed by atoms with Gasteiger partial charge >= 0.3 is 6.36 Å². The first-order chi connectivity index (χ1) is 10.8. The van der Waals surface area contributed by atoms with E-state index in [9.17, 15) is 13.2 Å². The van der Waals surface area contributed by atoms with Gasteiger partial charge in [0.2, 0.25) is 0 Å². The van der Waals surface area contributed by atoms with Crippen molar-refractivity contribution < 1.29 is 22.6 Å². The highest BCUT2D eigenvalue weighted by molar-refractivity contribution is 9.10. The molecule has 0 amide bonds. The highest BCUT2D eigenvalue weighted by atomic mass is 79.9. The van der Waals surface area contributed by atoms with E-state index in [-0.39, 0.29) is 5.75 Å². The lowest BCUT2D eigenvalue weighted by Crippen LogP contribution is -2.38. The highest BCUT2D eigenvalue weighted by Crippen LogP contribution is 2.32. The van der Waals surface area contributed by atoms with Gasteiger partial charge in [-0.3, -0.25) is 0 Å². The van der Waals surface area contributed by atoms with Crippen LogP contribution in [0.1, 0.15) is 32.6 Å². The maximum absolute atomic E-state index is 12.2. The average molecular weight is 396 g/mol. The topological polar surface area (TPSA) is 21.7 Å². The monoisotopic (exact) mass is 395 g/mol. The molecule has 1 saturated heterocycles. The Morgan fingerprint density at radius 3 is 2.74 bits per heavy atom. The standard InChI is InChI=1S/C16H21BrF3NO2/c1-12-5-2-3-8-21(12)9-4-10-22-15-7-6-13(11-14(15)17)23-16(18,19)20/h6-7,11-12H,2-5,8-10H2,1H3. The Balaban J connectivity index is 1.77. The first-order valence-electron chi connectivity index (χ1n) is 7.77. The Morgan fingerprint density at radius 1 is 1.30 bits per heavy atom. The van der Waals surface area contributed by atoms with Crippen LogP contribution >= 0.6 is 15.9 Å². The van der Waals surface area contributed by atoms with E-state index < -0.39 is 6.36 Å². The third kappa shape index (κ3) is 6.22. The summed E-state index contributed by atoms with van der Waals surface area (Å²) in [5, 5.41) is 0. The van der Waals surface area contributed by atoms with Crippen LogP contribution in [0.25, 0.3) is 0 Å². The number of hydrogen-bond acceptors (Lipinski definition) is 3. The van der Waals surface area contributed by atoms with Crippen molar-refractivity contribution in [2.24, 2.45) is 0 Å². The van der Waals surface area contributed by atoms with Crippen LogP contribution in [0.3, 0.4) is 0 Å². The Bertz CT molecular complexity index is 511. The molecule has 0 bridgehead atoms. The maximum atomic E-state index is 12.2. The Hall–Kier alpha value is -0.950. The first-order valence-corrected chi connectivity index (χ1v) is 8.56. The zero-order chi connectivity index (χ0) is 16.9. The molecular formula is C16H21BrF3NO2. The number of alkyl halides is 3. The van der Waals surface area contributed by atoms with E-state index in [4.69, 9.17) is 4.74 Å². The molecule has 1 atom stereocenters. The first kappa shape index (κ1) is 18.4. The molecule has 1 heterocycles. The second-order valence-corrected chi connectivity index (χ2v) is 6.58. The molecule has 0 saturated carbocycles. The minimum Gasteiger partial charge on any atom is -0.492 e. The van der Waals surface area contributed by atoms with E-state index in [1.807, 2.05) is 0 Å². The lowest BCUT2D eigenvalue weighted by molar-refractivity contribution is -0.274. The number of nitrogens with zero attached hydrogens (tertiary/aromatic N) is 1. The van der Waals surface area contributed by atoms with Crippen LogP contribution in [0.2, 0.25) is 0 Å². The summed E-state index contributed by atoms with van der Waals surface area (Å²) in [7, 11) is 0. The largest absolute Gasteiger partial charge is 0.573 e. The van der Waals surface area contributed by atoms with Crippen LogP contribution in [-0.2, 0) is 0 Å². The minimum atomic E-state index is -4.69. The molecule has 1 aliphatic rings. The molecule has 0 radical (unpaired) electrons. The Labute approximate surface area is 142 Å². The van der Waals surface area contributed by atoms with Crippen LogP contribution in [0, 0.1) is 0 Å². The number of hydrogen-bond donors (Lipinski definition) is 0. The summed E-state index contributed by atoms with van der Waals surface area (Å²) < 4.78 is 46.4. The zero-order valence-corrected chi connectivity index (χ0v) is 14.6. The van der Waals surface area contributed by atoms with Crippen molar-refractivity contribution >= 4 is 15.9 Å². The van der Waals surface area contributed by atoms with Gasteiger partial charge in [-0.1, -0.05) is 6.42 Å². The van der Waals surface area contributed by atoms with Gasteiger partial charge in [0.1, 0.15) is 11.5 Å². The summed E-state index contributed by atoms with van der Waals surface area (Å²) in [4.78, 5) is 2.46. The number of likely N-dealkylation sites (tertiary alicyclic amines) is 1. The van der Waals surface area contributed by atoms with E-state index in [0.717, 1.165) is 19.5 Å². The van der Waals surface area contributed by atoms with Crippen molar-refractivity contribution in [1.82, 2.24) is 4.90 Å². The predicted octanol–water partition coefficient (Wildman–Crippen LogP) is 4.99. The van der Waals surface area contributed by atoms with E-state index in [1.54, 1.807) is 0 Å². The lowest BCUT2D eigenvalue weighted by Gasteiger charge is -2.33. The second-order valence-electron chi connectivity index (χ2n) is 5.72. The van der Waals surface area contributed by atoms with Gasteiger partial charge < -0.3 is 14.4 Å². The second kappa shape index (κ2) is 8.24. The molecule has 1 unspecified atom stereocenters. The molecule has 1 fully saturated rings. The summed E-state index contributed by atoms with van der Waals surface area (Å²) >= 11 is 3.21. The van der Waals surface area contributed by atoms with Gasteiger partial charge in [0.25, 0.3) is 0 Å². The van der Waals surface area contributed by atoms with E-state index in [0.29, 0.717) is 22.9 Å². The fourth-order valence-electron chi connectivity index (χ4n) is 2.74. The van der Waals surface area contributed by atoms with Crippen molar-refractivity contribution in [3.63, 3.8) is 0 Å². The highest BCUT2D eigenvalue weighted by Gasteiger charge is 2.31. The quantitative estimate of drug-likeness (QED) is 0.633. The van der Waals surface area contributed by atoms with Crippen LogP contribution in [-0.4, -0.2) is 37.0 Å². The molecule has 0 N–H and O–H groups in total. The van der Waals surface area contributed by atoms with E-state index in [1.165, 1.54) is 37.5 Å². The lowest BCUT2D eigenvalue weighted by atomic mass is 10.0. The summed E-state index contributed by atoms with van der Waals surface area (Å²) in [5.41, 5.74) is 0. The van der Waals surface area contributed by atoms with E-state index >= 15 is 0 Å². The molecule has 130 valence electrons. The van der Waals surface area contributed by atoms with Crippen LogP contribution in [0.5, 0.6) is 11.5 Å². The molecule has 0 aromatic heterocycles. The van der Waals surface area contributed by atoms with Crippen molar-refractivity contribution in [3.8, 4) is 11.5 Å². The van der Waals surface area contributed by atoms with Crippen molar-refractivity contribution in [2.75, 3.05) is 19.7 Å². The average Bonchev–Trinajstić information content (AvgIpc) is 2.45. The maximum Gasteiger partial charge on any atom is 0.573 e. The smallest absolute Gasteiger partial charge is 0.492 e. The Kier molecular flexibility index (Phi) is 6.59.